The van der Waals surface area contributed by atoms with Gasteiger partial charge in [-0.25, -0.2) is 0 Å². The lowest BCUT2D eigenvalue weighted by molar-refractivity contribution is 0.369. The lowest BCUT2D eigenvalue weighted by atomic mass is 9.75. The van der Waals surface area contributed by atoms with Crippen LogP contribution in [0.25, 0.3) is 0 Å². The molecule has 0 saturated carbocycles. The molecule has 3 nitrogen and oxygen atoms in total. The van der Waals surface area contributed by atoms with Gasteiger partial charge in [0, 0.05) is 11.3 Å². The summed E-state index contributed by atoms with van der Waals surface area (Å²) in [5.74, 6) is 0. The zero-order valence-electron chi connectivity index (χ0n) is 10.0. The molecule has 1 aliphatic rings. The van der Waals surface area contributed by atoms with Crippen molar-refractivity contribution >= 4 is 0 Å². The third-order valence-corrected chi connectivity index (χ3v) is 3.85. The summed E-state index contributed by atoms with van der Waals surface area (Å²) in [4.78, 5) is 0. The molecule has 2 aromatic rings. The first-order valence-corrected chi connectivity index (χ1v) is 6.14. The van der Waals surface area contributed by atoms with E-state index in [0.29, 0.717) is 0 Å². The molecule has 0 fully saturated rings. The zero-order chi connectivity index (χ0) is 11.7. The van der Waals surface area contributed by atoms with E-state index in [4.69, 9.17) is 0 Å². The number of benzene rings is 1. The van der Waals surface area contributed by atoms with Gasteiger partial charge in [-0.1, -0.05) is 30.3 Å². The van der Waals surface area contributed by atoms with Gasteiger partial charge in [-0.05, 0) is 31.9 Å². The average Bonchev–Trinajstić information content (AvgIpc) is 2.88. The summed E-state index contributed by atoms with van der Waals surface area (Å²) in [6, 6.07) is 10.6. The highest BCUT2D eigenvalue weighted by molar-refractivity contribution is 5.41. The Morgan fingerprint density at radius 3 is 2.88 bits per heavy atom. The van der Waals surface area contributed by atoms with Crippen molar-refractivity contribution in [2.75, 3.05) is 7.05 Å². The fourth-order valence-corrected chi connectivity index (χ4v) is 2.96. The van der Waals surface area contributed by atoms with Crippen LogP contribution < -0.4 is 5.32 Å². The molecule has 0 aliphatic heterocycles. The van der Waals surface area contributed by atoms with Crippen LogP contribution in [0.3, 0.4) is 0 Å². The van der Waals surface area contributed by atoms with Gasteiger partial charge in [0.15, 0.2) is 0 Å². The fourth-order valence-electron chi connectivity index (χ4n) is 2.96. The van der Waals surface area contributed by atoms with Crippen molar-refractivity contribution in [1.29, 1.82) is 0 Å². The molecule has 0 radical (unpaired) electrons. The van der Waals surface area contributed by atoms with Gasteiger partial charge in [-0.15, -0.1) is 0 Å². The summed E-state index contributed by atoms with van der Waals surface area (Å²) in [5.41, 5.74) is 3.83. The molecule has 1 aliphatic carbocycles. The Kier molecular flexibility index (Phi) is 2.48. The number of hydrogen-bond donors (Lipinski definition) is 2. The summed E-state index contributed by atoms with van der Waals surface area (Å²) in [5, 5.41) is 10.8. The second-order valence-electron chi connectivity index (χ2n) is 4.64. The van der Waals surface area contributed by atoms with E-state index in [1.165, 1.54) is 23.2 Å². The van der Waals surface area contributed by atoms with Crippen LogP contribution in [0, 0.1) is 0 Å². The fraction of sp³-hybridized carbons (Fsp3) is 0.357. The predicted octanol–water partition coefficient (Wildman–Crippen LogP) is 2.21. The van der Waals surface area contributed by atoms with Crippen molar-refractivity contribution in [2.24, 2.45) is 0 Å². The van der Waals surface area contributed by atoms with Gasteiger partial charge in [-0.3, -0.25) is 5.10 Å². The predicted molar refractivity (Wildman–Crippen MR) is 67.8 cm³/mol. The average molecular weight is 227 g/mol. The molecule has 1 aromatic heterocycles. The topological polar surface area (TPSA) is 40.7 Å². The van der Waals surface area contributed by atoms with Crippen LogP contribution >= 0.6 is 0 Å². The molecule has 88 valence electrons. The van der Waals surface area contributed by atoms with Crippen molar-refractivity contribution in [3.8, 4) is 0 Å². The zero-order valence-corrected chi connectivity index (χ0v) is 10.0. The molecular formula is C14H17N3. The first-order valence-electron chi connectivity index (χ1n) is 6.14. The Bertz CT molecular complexity index is 503. The summed E-state index contributed by atoms with van der Waals surface area (Å²) < 4.78 is 0. The Balaban J connectivity index is 2.17. The number of aromatic nitrogens is 2. The second kappa shape index (κ2) is 4.00. The van der Waals surface area contributed by atoms with Crippen LogP contribution in [-0.4, -0.2) is 17.2 Å². The van der Waals surface area contributed by atoms with Gasteiger partial charge in [0.2, 0.25) is 0 Å². The molecule has 1 atom stereocenters. The van der Waals surface area contributed by atoms with E-state index in [0.717, 1.165) is 12.8 Å². The minimum absolute atomic E-state index is 0.0676. The number of hydrogen-bond acceptors (Lipinski definition) is 2. The molecule has 3 heteroatoms. The van der Waals surface area contributed by atoms with E-state index in [1.54, 1.807) is 0 Å². The third kappa shape index (κ3) is 1.50. The molecular weight excluding hydrogens is 210 g/mol. The first-order chi connectivity index (χ1) is 8.37. The maximum atomic E-state index is 4.21. The Morgan fingerprint density at radius 1 is 1.29 bits per heavy atom. The minimum atomic E-state index is -0.0676. The van der Waals surface area contributed by atoms with Crippen LogP contribution in [-0.2, 0) is 12.0 Å². The summed E-state index contributed by atoms with van der Waals surface area (Å²) in [6.07, 6.45) is 5.38. The van der Waals surface area contributed by atoms with Crippen LogP contribution in [0.1, 0.15) is 29.7 Å². The van der Waals surface area contributed by atoms with Crippen LogP contribution in [0.2, 0.25) is 0 Å². The highest BCUT2D eigenvalue weighted by atomic mass is 15.1. The number of rotatable bonds is 2. The molecule has 1 heterocycles. The van der Waals surface area contributed by atoms with E-state index in [1.807, 2.05) is 13.2 Å². The van der Waals surface area contributed by atoms with Crippen molar-refractivity contribution < 1.29 is 0 Å². The van der Waals surface area contributed by atoms with Crippen LogP contribution in [0.15, 0.2) is 36.5 Å². The standard InChI is InChI=1S/C14H17N3/c1-15-14(11-6-3-2-4-7-11)9-5-8-13-12(14)10-16-17-13/h2-4,6-7,10,15H,5,8-9H2,1H3,(H,16,17). The maximum Gasteiger partial charge on any atom is 0.0721 e. The van der Waals surface area contributed by atoms with E-state index in [9.17, 15) is 0 Å². The van der Waals surface area contributed by atoms with Gasteiger partial charge in [0.1, 0.15) is 0 Å². The van der Waals surface area contributed by atoms with Crippen LogP contribution in [0.4, 0.5) is 0 Å². The van der Waals surface area contributed by atoms with E-state index < -0.39 is 0 Å². The minimum Gasteiger partial charge on any atom is -0.307 e. The molecule has 0 saturated heterocycles. The molecule has 0 spiro atoms. The van der Waals surface area contributed by atoms with Gasteiger partial charge >= 0.3 is 0 Å². The Hall–Kier alpha value is -1.61. The molecule has 1 aromatic carbocycles. The molecule has 2 N–H and O–H groups in total. The molecule has 0 amide bonds. The lowest BCUT2D eigenvalue weighted by Crippen LogP contribution is -2.43. The highest BCUT2D eigenvalue weighted by Crippen LogP contribution is 2.39. The smallest absolute Gasteiger partial charge is 0.0721 e. The number of fused-ring (bicyclic) bond motifs is 1. The highest BCUT2D eigenvalue weighted by Gasteiger charge is 2.37. The first kappa shape index (κ1) is 10.5. The van der Waals surface area contributed by atoms with Crippen molar-refractivity contribution in [1.82, 2.24) is 15.5 Å². The van der Waals surface area contributed by atoms with Crippen molar-refractivity contribution in [3.05, 3.63) is 53.3 Å². The number of aryl methyl sites for hydroxylation is 1. The van der Waals surface area contributed by atoms with Crippen molar-refractivity contribution in [3.63, 3.8) is 0 Å². The Morgan fingerprint density at radius 2 is 2.12 bits per heavy atom. The summed E-state index contributed by atoms with van der Waals surface area (Å²) >= 11 is 0. The molecule has 3 rings (SSSR count). The largest absolute Gasteiger partial charge is 0.307 e. The number of nitrogens with one attached hydrogen (secondary N) is 2. The summed E-state index contributed by atoms with van der Waals surface area (Å²) in [7, 11) is 2.04. The monoisotopic (exact) mass is 227 g/mol. The van der Waals surface area contributed by atoms with E-state index >= 15 is 0 Å². The number of aromatic amines is 1. The van der Waals surface area contributed by atoms with Crippen LogP contribution in [0.5, 0.6) is 0 Å². The number of H-pyrrole nitrogens is 1. The van der Waals surface area contributed by atoms with Gasteiger partial charge in [-0.2, -0.15) is 5.10 Å². The third-order valence-electron chi connectivity index (χ3n) is 3.85. The van der Waals surface area contributed by atoms with E-state index in [2.05, 4.69) is 45.8 Å². The normalized spacial score (nSPS) is 23.4. The maximum absolute atomic E-state index is 4.21. The SMILES string of the molecule is CNC1(c2ccccc2)CCCc2[nH]ncc21. The molecule has 0 bridgehead atoms. The van der Waals surface area contributed by atoms with Gasteiger partial charge < -0.3 is 5.32 Å². The second-order valence-corrected chi connectivity index (χ2v) is 4.64. The molecule has 1 unspecified atom stereocenters. The van der Waals surface area contributed by atoms with Crippen molar-refractivity contribution in [2.45, 2.75) is 24.8 Å². The van der Waals surface area contributed by atoms with E-state index in [-0.39, 0.29) is 5.54 Å². The lowest BCUT2D eigenvalue weighted by Gasteiger charge is -2.37. The van der Waals surface area contributed by atoms with Gasteiger partial charge in [0.25, 0.3) is 0 Å². The Labute approximate surface area is 101 Å². The van der Waals surface area contributed by atoms with Gasteiger partial charge in [0.05, 0.1) is 11.7 Å². The quantitative estimate of drug-likeness (QED) is 0.826. The summed E-state index contributed by atoms with van der Waals surface area (Å²) in [6.45, 7) is 0. The number of nitrogens with zero attached hydrogens (tertiary/aromatic N) is 1. The molecule has 17 heavy (non-hydrogen) atoms.